The standard InChI is InChI=1S/C15H20BrNO3/c1-9-6-7-11(16)10(8-9)12(18)17-15(4,5)14(2,3)13(19)20/h6-8H,1-5H3,(H,17,18)(H,19,20). The fraction of sp³-hybridized carbons (Fsp3) is 0.467. The number of hydrogen-bond donors (Lipinski definition) is 2. The lowest BCUT2D eigenvalue weighted by atomic mass is 9.74. The molecule has 0 heterocycles. The van der Waals surface area contributed by atoms with E-state index in [0.717, 1.165) is 5.56 Å². The summed E-state index contributed by atoms with van der Waals surface area (Å²) in [5.74, 6) is -1.24. The molecule has 1 aromatic rings. The number of benzene rings is 1. The summed E-state index contributed by atoms with van der Waals surface area (Å²) in [6.07, 6.45) is 0. The molecule has 0 aromatic heterocycles. The van der Waals surface area contributed by atoms with E-state index in [0.29, 0.717) is 10.0 Å². The highest BCUT2D eigenvalue weighted by atomic mass is 79.9. The van der Waals surface area contributed by atoms with Crippen molar-refractivity contribution in [1.82, 2.24) is 5.32 Å². The molecule has 0 aliphatic heterocycles. The molecule has 2 N–H and O–H groups in total. The maximum atomic E-state index is 12.4. The Morgan fingerprint density at radius 1 is 1.20 bits per heavy atom. The summed E-state index contributed by atoms with van der Waals surface area (Å²) in [5, 5.41) is 12.1. The lowest BCUT2D eigenvalue weighted by Gasteiger charge is -2.38. The van der Waals surface area contributed by atoms with Gasteiger partial charge >= 0.3 is 5.97 Å². The van der Waals surface area contributed by atoms with E-state index in [9.17, 15) is 14.7 Å². The van der Waals surface area contributed by atoms with Crippen LogP contribution in [0.5, 0.6) is 0 Å². The Kier molecular flexibility index (Phi) is 4.64. The summed E-state index contributed by atoms with van der Waals surface area (Å²) in [7, 11) is 0. The third kappa shape index (κ3) is 3.20. The Balaban J connectivity index is 3.06. The second-order valence-corrected chi connectivity index (χ2v) is 6.85. The third-order valence-corrected chi connectivity index (χ3v) is 4.58. The van der Waals surface area contributed by atoms with Crippen LogP contribution in [0.1, 0.15) is 43.6 Å². The zero-order valence-electron chi connectivity index (χ0n) is 12.4. The van der Waals surface area contributed by atoms with E-state index in [1.807, 2.05) is 13.0 Å². The number of rotatable bonds is 4. The molecule has 20 heavy (non-hydrogen) atoms. The summed E-state index contributed by atoms with van der Waals surface area (Å²) in [5.41, 5.74) is -0.508. The molecule has 5 heteroatoms. The topological polar surface area (TPSA) is 66.4 Å². The minimum absolute atomic E-state index is 0.292. The van der Waals surface area contributed by atoms with Gasteiger partial charge < -0.3 is 10.4 Å². The van der Waals surface area contributed by atoms with Crippen LogP contribution < -0.4 is 5.32 Å². The van der Waals surface area contributed by atoms with E-state index in [1.165, 1.54) is 0 Å². The van der Waals surface area contributed by atoms with Crippen LogP contribution >= 0.6 is 15.9 Å². The Morgan fingerprint density at radius 3 is 2.25 bits per heavy atom. The second-order valence-electron chi connectivity index (χ2n) is 5.99. The highest BCUT2D eigenvalue weighted by molar-refractivity contribution is 9.10. The first-order valence-electron chi connectivity index (χ1n) is 6.31. The Labute approximate surface area is 127 Å². The van der Waals surface area contributed by atoms with Crippen LogP contribution in [0.2, 0.25) is 0 Å². The number of carboxylic acid groups (broad SMARTS) is 1. The highest BCUT2D eigenvalue weighted by Crippen LogP contribution is 2.31. The van der Waals surface area contributed by atoms with Crippen LogP contribution in [0.25, 0.3) is 0 Å². The Morgan fingerprint density at radius 2 is 1.75 bits per heavy atom. The molecular weight excluding hydrogens is 322 g/mol. The molecule has 0 spiro atoms. The first-order chi connectivity index (χ1) is 8.99. The summed E-state index contributed by atoms with van der Waals surface area (Å²) in [4.78, 5) is 23.7. The van der Waals surface area contributed by atoms with Gasteiger partial charge in [0.1, 0.15) is 0 Å². The first-order valence-corrected chi connectivity index (χ1v) is 7.10. The van der Waals surface area contributed by atoms with Crippen LogP contribution in [0.4, 0.5) is 0 Å². The van der Waals surface area contributed by atoms with Gasteiger partial charge in [-0.3, -0.25) is 9.59 Å². The number of carbonyl (C=O) groups excluding carboxylic acids is 1. The molecule has 1 rings (SSSR count). The van der Waals surface area contributed by atoms with E-state index >= 15 is 0 Å². The monoisotopic (exact) mass is 341 g/mol. The number of aliphatic carboxylic acids is 1. The molecule has 0 bridgehead atoms. The zero-order valence-corrected chi connectivity index (χ0v) is 14.0. The van der Waals surface area contributed by atoms with Crippen LogP contribution in [0.15, 0.2) is 22.7 Å². The van der Waals surface area contributed by atoms with Crippen LogP contribution in [0, 0.1) is 12.3 Å². The summed E-state index contributed by atoms with van der Waals surface area (Å²) < 4.78 is 0.685. The predicted molar refractivity (Wildman–Crippen MR) is 81.8 cm³/mol. The highest BCUT2D eigenvalue weighted by Gasteiger charge is 2.44. The normalized spacial score (nSPS) is 12.1. The minimum atomic E-state index is -1.08. The quantitative estimate of drug-likeness (QED) is 0.882. The second kappa shape index (κ2) is 5.56. The largest absolute Gasteiger partial charge is 0.481 e. The first kappa shape index (κ1) is 16.7. The molecule has 0 atom stereocenters. The molecule has 110 valence electrons. The van der Waals surface area contributed by atoms with E-state index in [-0.39, 0.29) is 5.91 Å². The predicted octanol–water partition coefficient (Wildman–Crippen LogP) is 3.38. The van der Waals surface area contributed by atoms with E-state index < -0.39 is 16.9 Å². The van der Waals surface area contributed by atoms with Crippen LogP contribution in [-0.4, -0.2) is 22.5 Å². The van der Waals surface area contributed by atoms with Gasteiger partial charge in [-0.15, -0.1) is 0 Å². The number of amides is 1. The molecule has 1 aromatic carbocycles. The maximum Gasteiger partial charge on any atom is 0.311 e. The maximum absolute atomic E-state index is 12.4. The zero-order chi connectivity index (χ0) is 15.7. The van der Waals surface area contributed by atoms with Crippen molar-refractivity contribution in [2.45, 2.75) is 40.2 Å². The molecule has 0 saturated heterocycles. The molecule has 4 nitrogen and oxygen atoms in total. The van der Waals surface area contributed by atoms with Crippen molar-refractivity contribution >= 4 is 27.8 Å². The van der Waals surface area contributed by atoms with Gasteiger partial charge in [-0.2, -0.15) is 0 Å². The molecule has 0 fully saturated rings. The number of carboxylic acids is 1. The molecular formula is C15H20BrNO3. The van der Waals surface area contributed by atoms with Gasteiger partial charge in [-0.25, -0.2) is 0 Å². The molecule has 0 unspecified atom stereocenters. The Bertz CT molecular complexity index is 550. The molecule has 0 aliphatic rings. The number of carbonyl (C=O) groups is 2. The fourth-order valence-electron chi connectivity index (χ4n) is 1.59. The number of nitrogens with one attached hydrogen (secondary N) is 1. The van der Waals surface area contributed by atoms with Crippen LogP contribution in [-0.2, 0) is 4.79 Å². The van der Waals surface area contributed by atoms with Crippen molar-refractivity contribution in [2.75, 3.05) is 0 Å². The van der Waals surface area contributed by atoms with Gasteiger partial charge in [0.15, 0.2) is 0 Å². The van der Waals surface area contributed by atoms with Crippen molar-refractivity contribution in [1.29, 1.82) is 0 Å². The summed E-state index contributed by atoms with van der Waals surface area (Å²) >= 11 is 3.34. The van der Waals surface area contributed by atoms with Crippen molar-refractivity contribution in [3.8, 4) is 0 Å². The molecule has 0 saturated carbocycles. The summed E-state index contributed by atoms with van der Waals surface area (Å²) in [6.45, 7) is 8.52. The smallest absolute Gasteiger partial charge is 0.311 e. The SMILES string of the molecule is Cc1ccc(Br)c(C(=O)NC(C)(C)C(C)(C)C(=O)O)c1. The van der Waals surface area contributed by atoms with Crippen LogP contribution in [0.3, 0.4) is 0 Å². The summed E-state index contributed by atoms with van der Waals surface area (Å²) in [6, 6.07) is 5.47. The van der Waals surface area contributed by atoms with Gasteiger partial charge in [-0.05, 0) is 62.7 Å². The Hall–Kier alpha value is -1.36. The average Bonchev–Trinajstić information content (AvgIpc) is 2.31. The van der Waals surface area contributed by atoms with Crippen molar-refractivity contribution in [2.24, 2.45) is 5.41 Å². The molecule has 1 amide bonds. The van der Waals surface area contributed by atoms with Crippen molar-refractivity contribution in [3.05, 3.63) is 33.8 Å². The van der Waals surface area contributed by atoms with Gasteiger partial charge in [0.2, 0.25) is 0 Å². The van der Waals surface area contributed by atoms with E-state index in [4.69, 9.17) is 0 Å². The molecule has 0 radical (unpaired) electrons. The number of aryl methyl sites for hydroxylation is 1. The van der Waals surface area contributed by atoms with Gasteiger partial charge in [0.25, 0.3) is 5.91 Å². The third-order valence-electron chi connectivity index (χ3n) is 3.89. The van der Waals surface area contributed by atoms with E-state index in [1.54, 1.807) is 39.8 Å². The average molecular weight is 342 g/mol. The number of halogens is 1. The van der Waals surface area contributed by atoms with Gasteiger partial charge in [-0.1, -0.05) is 11.6 Å². The van der Waals surface area contributed by atoms with E-state index in [2.05, 4.69) is 21.2 Å². The molecule has 0 aliphatic carbocycles. The van der Waals surface area contributed by atoms with Gasteiger partial charge in [0.05, 0.1) is 16.5 Å². The minimum Gasteiger partial charge on any atom is -0.481 e. The fourth-order valence-corrected chi connectivity index (χ4v) is 2.01. The lowest BCUT2D eigenvalue weighted by Crippen LogP contribution is -2.57. The van der Waals surface area contributed by atoms with Crippen molar-refractivity contribution < 1.29 is 14.7 Å². The van der Waals surface area contributed by atoms with Crippen molar-refractivity contribution in [3.63, 3.8) is 0 Å². The van der Waals surface area contributed by atoms with Gasteiger partial charge in [0, 0.05) is 4.47 Å². The lowest BCUT2D eigenvalue weighted by molar-refractivity contribution is -0.150. The number of hydrogen-bond acceptors (Lipinski definition) is 2.